The molecule has 1 N–H and O–H groups in total. The summed E-state index contributed by atoms with van der Waals surface area (Å²) in [7, 11) is 0. The van der Waals surface area contributed by atoms with Crippen LogP contribution in [0, 0.1) is 6.92 Å². The first-order chi connectivity index (χ1) is 13.0. The fraction of sp³-hybridized carbons (Fsp3) is 0.200. The van der Waals surface area contributed by atoms with Gasteiger partial charge < -0.3 is 9.73 Å². The Morgan fingerprint density at radius 3 is 2.96 bits per heavy atom. The van der Waals surface area contributed by atoms with Crippen LogP contribution < -0.4 is 10.7 Å². The minimum Gasteiger partial charge on any atom is -0.451 e. The second-order valence-corrected chi connectivity index (χ2v) is 6.40. The van der Waals surface area contributed by atoms with Crippen molar-refractivity contribution in [1.29, 1.82) is 0 Å². The molecule has 0 unspecified atom stereocenters. The van der Waals surface area contributed by atoms with E-state index in [1.54, 1.807) is 22.7 Å². The molecule has 1 aromatic carbocycles. The van der Waals surface area contributed by atoms with Crippen LogP contribution in [0.5, 0.6) is 0 Å². The summed E-state index contributed by atoms with van der Waals surface area (Å²) in [4.78, 5) is 33.6. The van der Waals surface area contributed by atoms with Crippen molar-refractivity contribution in [3.8, 4) is 0 Å². The van der Waals surface area contributed by atoms with E-state index in [1.807, 2.05) is 38.4 Å². The van der Waals surface area contributed by atoms with E-state index in [1.165, 1.54) is 6.07 Å². The van der Waals surface area contributed by atoms with E-state index in [-0.39, 0.29) is 17.2 Å². The molecule has 4 aromatic rings. The van der Waals surface area contributed by atoms with Crippen molar-refractivity contribution in [3.63, 3.8) is 0 Å². The van der Waals surface area contributed by atoms with E-state index >= 15 is 0 Å². The molecule has 3 aromatic heterocycles. The largest absolute Gasteiger partial charge is 0.451 e. The van der Waals surface area contributed by atoms with Gasteiger partial charge in [-0.05, 0) is 37.1 Å². The molecule has 0 radical (unpaired) electrons. The second kappa shape index (κ2) is 6.68. The number of carbonyl (C=O) groups is 1. The van der Waals surface area contributed by atoms with Gasteiger partial charge in [-0.15, -0.1) is 0 Å². The molecule has 0 aliphatic heterocycles. The smallest absolute Gasteiger partial charge is 0.287 e. The molecule has 136 valence electrons. The maximum absolute atomic E-state index is 12.7. The lowest BCUT2D eigenvalue weighted by atomic mass is 10.1. The van der Waals surface area contributed by atoms with Crippen molar-refractivity contribution in [2.24, 2.45) is 0 Å². The molecular formula is C20H18N4O3. The number of hydrogen-bond acceptors (Lipinski definition) is 5. The quantitative estimate of drug-likeness (QED) is 0.603. The molecule has 0 saturated carbocycles. The number of imidazole rings is 1. The number of rotatable bonds is 4. The monoisotopic (exact) mass is 362 g/mol. The lowest BCUT2D eigenvalue weighted by Crippen LogP contribution is -2.29. The van der Waals surface area contributed by atoms with Crippen molar-refractivity contribution >= 4 is 22.7 Å². The van der Waals surface area contributed by atoms with Crippen molar-refractivity contribution in [3.05, 3.63) is 76.2 Å². The van der Waals surface area contributed by atoms with E-state index in [0.29, 0.717) is 28.9 Å². The van der Waals surface area contributed by atoms with E-state index < -0.39 is 5.91 Å². The summed E-state index contributed by atoms with van der Waals surface area (Å²) in [6.07, 6.45) is 5.97. The third kappa shape index (κ3) is 3.19. The number of amides is 1. The van der Waals surface area contributed by atoms with Gasteiger partial charge in [-0.3, -0.25) is 14.0 Å². The van der Waals surface area contributed by atoms with Crippen LogP contribution in [0.3, 0.4) is 0 Å². The van der Waals surface area contributed by atoms with Crippen LogP contribution >= 0.6 is 0 Å². The highest BCUT2D eigenvalue weighted by Crippen LogP contribution is 2.18. The maximum atomic E-state index is 12.7. The Morgan fingerprint density at radius 2 is 2.19 bits per heavy atom. The average molecular weight is 362 g/mol. The fourth-order valence-corrected chi connectivity index (χ4v) is 3.01. The van der Waals surface area contributed by atoms with Crippen LogP contribution in [0.1, 0.15) is 41.2 Å². The first-order valence-corrected chi connectivity index (χ1v) is 8.70. The van der Waals surface area contributed by atoms with Gasteiger partial charge in [0.2, 0.25) is 5.78 Å². The zero-order valence-electron chi connectivity index (χ0n) is 15.0. The summed E-state index contributed by atoms with van der Waals surface area (Å²) in [6.45, 7) is 3.85. The van der Waals surface area contributed by atoms with Crippen molar-refractivity contribution in [2.45, 2.75) is 26.3 Å². The summed E-state index contributed by atoms with van der Waals surface area (Å²) in [5.41, 5.74) is 1.80. The maximum Gasteiger partial charge on any atom is 0.287 e. The van der Waals surface area contributed by atoms with Crippen LogP contribution in [0.25, 0.3) is 16.7 Å². The van der Waals surface area contributed by atoms with Gasteiger partial charge in [0, 0.05) is 24.7 Å². The molecule has 0 spiro atoms. The molecule has 0 fully saturated rings. The number of aryl methyl sites for hydroxylation is 1. The Hall–Kier alpha value is -3.48. The van der Waals surface area contributed by atoms with Crippen LogP contribution in [0.2, 0.25) is 0 Å². The Bertz CT molecular complexity index is 1180. The first kappa shape index (κ1) is 17.0. The van der Waals surface area contributed by atoms with Crippen LogP contribution in [-0.2, 0) is 0 Å². The van der Waals surface area contributed by atoms with Crippen LogP contribution in [-0.4, -0.2) is 20.3 Å². The first-order valence-electron chi connectivity index (χ1n) is 8.70. The van der Waals surface area contributed by atoms with Gasteiger partial charge in [0.25, 0.3) is 5.91 Å². The van der Waals surface area contributed by atoms with Crippen LogP contribution in [0.4, 0.5) is 0 Å². The molecule has 7 heteroatoms. The van der Waals surface area contributed by atoms with Gasteiger partial charge in [0.05, 0.1) is 17.1 Å². The molecule has 0 bridgehead atoms. The highest BCUT2D eigenvalue weighted by atomic mass is 16.3. The number of benzene rings is 1. The second-order valence-electron chi connectivity index (χ2n) is 6.40. The van der Waals surface area contributed by atoms with Crippen molar-refractivity contribution in [1.82, 2.24) is 19.7 Å². The molecule has 4 rings (SSSR count). The van der Waals surface area contributed by atoms with E-state index in [0.717, 1.165) is 5.56 Å². The molecule has 7 nitrogen and oxygen atoms in total. The Labute approximate surface area is 154 Å². The zero-order valence-corrected chi connectivity index (χ0v) is 15.0. The van der Waals surface area contributed by atoms with Crippen molar-refractivity contribution in [2.75, 3.05) is 0 Å². The summed E-state index contributed by atoms with van der Waals surface area (Å²) < 4.78 is 7.47. The molecule has 27 heavy (non-hydrogen) atoms. The van der Waals surface area contributed by atoms with Gasteiger partial charge in [0.15, 0.2) is 11.2 Å². The lowest BCUT2D eigenvalue weighted by molar-refractivity contribution is 0.0907. The normalized spacial score (nSPS) is 12.4. The lowest BCUT2D eigenvalue weighted by Gasteiger charge is -2.14. The van der Waals surface area contributed by atoms with Gasteiger partial charge in [-0.1, -0.05) is 13.0 Å². The number of fused-ring (bicyclic) bond motifs is 2. The predicted molar refractivity (Wildman–Crippen MR) is 101 cm³/mol. The summed E-state index contributed by atoms with van der Waals surface area (Å²) in [5, 5.41) is 3.35. The molecule has 0 aliphatic rings. The van der Waals surface area contributed by atoms with Gasteiger partial charge in [-0.25, -0.2) is 9.97 Å². The van der Waals surface area contributed by atoms with Gasteiger partial charge in [-0.2, -0.15) is 0 Å². The van der Waals surface area contributed by atoms with Crippen molar-refractivity contribution < 1.29 is 9.21 Å². The fourth-order valence-electron chi connectivity index (χ4n) is 3.01. The van der Waals surface area contributed by atoms with E-state index in [4.69, 9.17) is 4.42 Å². The number of aromatic nitrogens is 3. The number of nitrogens with one attached hydrogen (secondary N) is 1. The molecule has 0 aliphatic carbocycles. The Kier molecular flexibility index (Phi) is 4.19. The summed E-state index contributed by atoms with van der Waals surface area (Å²) >= 11 is 0. The third-order valence-electron chi connectivity index (χ3n) is 4.43. The highest BCUT2D eigenvalue weighted by molar-refractivity contribution is 5.93. The minimum absolute atomic E-state index is 0.0153. The number of nitrogens with zero attached hydrogens (tertiary/aromatic N) is 3. The standard InChI is InChI=1S/C20H18N4O3/c1-3-14(15-11-24-8-4-7-21-20(24)23-15)22-19(26)18-10-16(25)13-6-5-12(2)9-17(13)27-18/h4-11,14H,3H2,1-2H3,(H,22,26)/t14-/m0/s1. The predicted octanol–water partition coefficient (Wildman–Crippen LogP) is 3.03. The summed E-state index contributed by atoms with van der Waals surface area (Å²) in [5.74, 6) is 0.0960. The average Bonchev–Trinajstić information content (AvgIpc) is 3.09. The SMILES string of the molecule is CC[C@H](NC(=O)c1cc(=O)c2ccc(C)cc2o1)c1cn2cccnc2n1. The Balaban J connectivity index is 1.65. The molecule has 1 amide bonds. The zero-order chi connectivity index (χ0) is 19.0. The molecule has 0 saturated heterocycles. The molecular weight excluding hydrogens is 344 g/mol. The summed E-state index contributed by atoms with van der Waals surface area (Å²) in [6, 6.07) is 8.01. The minimum atomic E-state index is -0.452. The topological polar surface area (TPSA) is 89.5 Å². The Morgan fingerprint density at radius 1 is 1.33 bits per heavy atom. The van der Waals surface area contributed by atoms with E-state index in [9.17, 15) is 9.59 Å². The number of carbonyl (C=O) groups excluding carboxylic acids is 1. The van der Waals surface area contributed by atoms with Gasteiger partial charge >= 0.3 is 0 Å². The number of hydrogen-bond donors (Lipinski definition) is 1. The third-order valence-corrected chi connectivity index (χ3v) is 4.43. The molecule has 1 atom stereocenters. The highest BCUT2D eigenvalue weighted by Gasteiger charge is 2.20. The van der Waals surface area contributed by atoms with Crippen LogP contribution in [0.15, 0.2) is 58.1 Å². The van der Waals surface area contributed by atoms with E-state index in [2.05, 4.69) is 15.3 Å². The molecule has 3 heterocycles. The van der Waals surface area contributed by atoms with Gasteiger partial charge in [0.1, 0.15) is 5.58 Å².